The SMILES string of the molecule is CC(Oc1ccc(Cl)cc1Cl)C(=O)NN=Cc1ccc(OC(=O)c2ccccc2Cl)cc1. The molecule has 0 bridgehead atoms. The van der Waals surface area contributed by atoms with E-state index in [1.807, 2.05) is 0 Å². The Balaban J connectivity index is 1.52. The maximum Gasteiger partial charge on any atom is 0.345 e. The highest BCUT2D eigenvalue weighted by molar-refractivity contribution is 6.35. The van der Waals surface area contributed by atoms with E-state index in [1.165, 1.54) is 12.3 Å². The summed E-state index contributed by atoms with van der Waals surface area (Å²) in [7, 11) is 0. The van der Waals surface area contributed by atoms with Crippen LogP contribution >= 0.6 is 34.8 Å². The van der Waals surface area contributed by atoms with Crippen LogP contribution in [0.4, 0.5) is 0 Å². The van der Waals surface area contributed by atoms with Crippen LogP contribution in [0.15, 0.2) is 71.8 Å². The molecule has 1 unspecified atom stereocenters. The van der Waals surface area contributed by atoms with Crippen molar-refractivity contribution in [1.29, 1.82) is 0 Å². The van der Waals surface area contributed by atoms with Gasteiger partial charge in [-0.2, -0.15) is 5.10 Å². The number of hydrazone groups is 1. The average molecular weight is 492 g/mol. The number of amides is 1. The highest BCUT2D eigenvalue weighted by atomic mass is 35.5. The number of carbonyl (C=O) groups is 2. The number of ether oxygens (including phenoxy) is 2. The Kier molecular flexibility index (Phi) is 8.11. The minimum absolute atomic E-state index is 0.277. The van der Waals surface area contributed by atoms with E-state index in [-0.39, 0.29) is 5.56 Å². The van der Waals surface area contributed by atoms with Crippen molar-refractivity contribution in [3.05, 3.63) is 92.9 Å². The van der Waals surface area contributed by atoms with Crippen molar-refractivity contribution in [3.8, 4) is 11.5 Å². The smallest absolute Gasteiger partial charge is 0.345 e. The fraction of sp³-hybridized carbons (Fsp3) is 0.0870. The van der Waals surface area contributed by atoms with Crippen LogP contribution in [-0.2, 0) is 4.79 Å². The zero-order chi connectivity index (χ0) is 23.1. The first kappa shape index (κ1) is 23.6. The summed E-state index contributed by atoms with van der Waals surface area (Å²) in [5.74, 6) is -0.334. The second kappa shape index (κ2) is 11.0. The zero-order valence-corrected chi connectivity index (χ0v) is 19.0. The van der Waals surface area contributed by atoms with Crippen molar-refractivity contribution < 1.29 is 19.1 Å². The van der Waals surface area contributed by atoms with Crippen LogP contribution in [0.1, 0.15) is 22.8 Å². The van der Waals surface area contributed by atoms with Gasteiger partial charge >= 0.3 is 5.97 Å². The molecule has 0 heterocycles. The van der Waals surface area contributed by atoms with Crippen LogP contribution in [0.25, 0.3) is 0 Å². The zero-order valence-electron chi connectivity index (χ0n) is 16.7. The number of nitrogens with zero attached hydrogens (tertiary/aromatic N) is 1. The standard InChI is InChI=1S/C23H17Cl3N2O4/c1-14(31-21-11-8-16(24)12-20(21)26)22(29)28-27-13-15-6-9-17(10-7-15)32-23(30)18-4-2-3-5-19(18)25/h2-14H,1H3,(H,28,29). The van der Waals surface area contributed by atoms with E-state index >= 15 is 0 Å². The highest BCUT2D eigenvalue weighted by Crippen LogP contribution is 2.28. The number of hydrogen-bond donors (Lipinski definition) is 1. The molecule has 3 aromatic rings. The summed E-state index contributed by atoms with van der Waals surface area (Å²) in [6.45, 7) is 1.57. The Morgan fingerprint density at radius 3 is 2.38 bits per heavy atom. The van der Waals surface area contributed by atoms with E-state index in [1.54, 1.807) is 67.6 Å². The van der Waals surface area contributed by atoms with Crippen LogP contribution in [0, 0.1) is 0 Å². The van der Waals surface area contributed by atoms with Gasteiger partial charge in [0.05, 0.1) is 21.8 Å². The molecule has 0 fully saturated rings. The van der Waals surface area contributed by atoms with E-state index in [9.17, 15) is 9.59 Å². The van der Waals surface area contributed by atoms with Gasteiger partial charge in [0.15, 0.2) is 6.10 Å². The van der Waals surface area contributed by atoms with Crippen molar-refractivity contribution in [3.63, 3.8) is 0 Å². The normalized spacial score (nSPS) is 11.8. The molecule has 9 heteroatoms. The number of nitrogens with one attached hydrogen (secondary N) is 1. The molecule has 0 radical (unpaired) electrons. The Bertz CT molecular complexity index is 1150. The Hall–Kier alpha value is -3.06. The maximum atomic E-state index is 12.2. The van der Waals surface area contributed by atoms with Gasteiger partial charge in [0, 0.05) is 5.02 Å². The quantitative estimate of drug-likeness (QED) is 0.197. The number of esters is 1. The van der Waals surface area contributed by atoms with E-state index in [4.69, 9.17) is 44.3 Å². The summed E-state index contributed by atoms with van der Waals surface area (Å²) in [6.07, 6.45) is 0.608. The van der Waals surface area contributed by atoms with Gasteiger partial charge in [0.25, 0.3) is 5.91 Å². The lowest BCUT2D eigenvalue weighted by atomic mass is 10.2. The Morgan fingerprint density at radius 2 is 1.69 bits per heavy atom. The summed E-state index contributed by atoms with van der Waals surface area (Å²) in [6, 6.07) is 17.9. The number of halogens is 3. The number of carbonyl (C=O) groups excluding carboxylic acids is 2. The van der Waals surface area contributed by atoms with Crippen LogP contribution in [-0.4, -0.2) is 24.2 Å². The van der Waals surface area contributed by atoms with E-state index in [0.717, 1.165) is 0 Å². The summed E-state index contributed by atoms with van der Waals surface area (Å²) in [5.41, 5.74) is 3.35. The third-order valence-electron chi connectivity index (χ3n) is 4.14. The lowest BCUT2D eigenvalue weighted by molar-refractivity contribution is -0.127. The summed E-state index contributed by atoms with van der Waals surface area (Å²) >= 11 is 17.9. The molecule has 0 aliphatic heterocycles. The van der Waals surface area contributed by atoms with Gasteiger partial charge in [0.1, 0.15) is 11.5 Å². The molecule has 1 atom stereocenters. The van der Waals surface area contributed by atoms with Gasteiger partial charge in [-0.3, -0.25) is 4.79 Å². The first-order valence-corrected chi connectivity index (χ1v) is 10.5. The second-order valence-corrected chi connectivity index (χ2v) is 7.76. The molecule has 3 aromatic carbocycles. The van der Waals surface area contributed by atoms with Crippen molar-refractivity contribution in [1.82, 2.24) is 5.43 Å². The molecule has 0 saturated heterocycles. The number of hydrogen-bond acceptors (Lipinski definition) is 5. The van der Waals surface area contributed by atoms with Crippen molar-refractivity contribution >= 4 is 52.9 Å². The molecule has 3 rings (SSSR count). The van der Waals surface area contributed by atoms with Crippen LogP contribution in [0.2, 0.25) is 15.1 Å². The third kappa shape index (κ3) is 6.47. The molecule has 0 aliphatic carbocycles. The summed E-state index contributed by atoms with van der Waals surface area (Å²) in [4.78, 5) is 24.4. The Labute approximate surface area is 199 Å². The largest absolute Gasteiger partial charge is 0.479 e. The predicted molar refractivity (Wildman–Crippen MR) is 125 cm³/mol. The van der Waals surface area contributed by atoms with Gasteiger partial charge in [-0.25, -0.2) is 10.2 Å². The molecule has 0 spiro atoms. The molecule has 32 heavy (non-hydrogen) atoms. The van der Waals surface area contributed by atoms with Gasteiger partial charge in [-0.15, -0.1) is 0 Å². The van der Waals surface area contributed by atoms with Crippen molar-refractivity contribution in [2.75, 3.05) is 0 Å². The second-order valence-electron chi connectivity index (χ2n) is 6.51. The molecule has 0 aromatic heterocycles. The maximum absolute atomic E-state index is 12.2. The average Bonchev–Trinajstić information content (AvgIpc) is 2.77. The molecule has 0 aliphatic rings. The fourth-order valence-electron chi connectivity index (χ4n) is 2.49. The monoisotopic (exact) mass is 490 g/mol. The van der Waals surface area contributed by atoms with E-state index < -0.39 is 18.0 Å². The van der Waals surface area contributed by atoms with Crippen LogP contribution in [0.3, 0.4) is 0 Å². The minimum atomic E-state index is -0.836. The summed E-state index contributed by atoms with van der Waals surface area (Å²) in [5, 5.41) is 4.99. The summed E-state index contributed by atoms with van der Waals surface area (Å²) < 4.78 is 10.8. The minimum Gasteiger partial charge on any atom is -0.479 e. The van der Waals surface area contributed by atoms with E-state index in [0.29, 0.717) is 32.1 Å². The molecular formula is C23H17Cl3N2O4. The third-order valence-corrected chi connectivity index (χ3v) is 5.00. The topological polar surface area (TPSA) is 77.0 Å². The first-order chi connectivity index (χ1) is 15.3. The lowest BCUT2D eigenvalue weighted by Crippen LogP contribution is -2.33. The van der Waals surface area contributed by atoms with Crippen LogP contribution < -0.4 is 14.9 Å². The van der Waals surface area contributed by atoms with Crippen LogP contribution in [0.5, 0.6) is 11.5 Å². The molecule has 1 amide bonds. The Morgan fingerprint density at radius 1 is 0.969 bits per heavy atom. The molecule has 0 saturated carbocycles. The van der Waals surface area contributed by atoms with Crippen molar-refractivity contribution in [2.45, 2.75) is 13.0 Å². The van der Waals surface area contributed by atoms with E-state index in [2.05, 4.69) is 10.5 Å². The molecule has 164 valence electrons. The number of rotatable bonds is 7. The van der Waals surface area contributed by atoms with Crippen molar-refractivity contribution in [2.24, 2.45) is 5.10 Å². The predicted octanol–water partition coefficient (Wildman–Crippen LogP) is 5.78. The van der Waals surface area contributed by atoms with Gasteiger partial charge in [-0.1, -0.05) is 46.9 Å². The molecule has 6 nitrogen and oxygen atoms in total. The lowest BCUT2D eigenvalue weighted by Gasteiger charge is -2.14. The first-order valence-electron chi connectivity index (χ1n) is 9.35. The highest BCUT2D eigenvalue weighted by Gasteiger charge is 2.16. The van der Waals surface area contributed by atoms with Gasteiger partial charge in [-0.05, 0) is 67.1 Å². The fourth-order valence-corrected chi connectivity index (χ4v) is 3.15. The molecular weight excluding hydrogens is 475 g/mol. The van der Waals surface area contributed by atoms with Gasteiger partial charge in [0.2, 0.25) is 0 Å². The molecule has 1 N–H and O–H groups in total. The van der Waals surface area contributed by atoms with Gasteiger partial charge < -0.3 is 9.47 Å². The number of benzene rings is 3.